The Balaban J connectivity index is 2.23. The third-order valence-corrected chi connectivity index (χ3v) is 12.8. The van der Waals surface area contributed by atoms with Crippen molar-refractivity contribution >= 4 is 25.5 Å². The molecule has 0 spiro atoms. The number of aliphatic hydroxyl groups excluding tert-OH is 8. The molecule has 13 atom stereocenters. The van der Waals surface area contributed by atoms with Gasteiger partial charge in [-0.1, -0.05) is 107 Å². The average Bonchev–Trinajstić information content (AvgIpc) is 3.29. The highest BCUT2D eigenvalue weighted by molar-refractivity contribution is 7.47. The van der Waals surface area contributed by atoms with Crippen LogP contribution < -0.4 is 0 Å². The second kappa shape index (κ2) is 34.4. The van der Waals surface area contributed by atoms with Crippen LogP contribution >= 0.6 is 7.82 Å². The normalized spacial score (nSPS) is 32.2. The van der Waals surface area contributed by atoms with Crippen LogP contribution in [0.5, 0.6) is 0 Å². The molecular formula is C49H81O17P. The highest BCUT2D eigenvalue weighted by Crippen LogP contribution is 2.47. The molecule has 1 aliphatic heterocycles. The van der Waals surface area contributed by atoms with Gasteiger partial charge < -0.3 is 55.2 Å². The molecule has 1 saturated heterocycles. The molecule has 0 aromatic heterocycles. The fourth-order valence-electron chi connectivity index (χ4n) is 7.75. The minimum Gasteiger partial charge on any atom is -0.462 e. The molecule has 17 nitrogen and oxygen atoms in total. The Morgan fingerprint density at radius 1 is 0.731 bits per heavy atom. The number of allylic oxidation sites excluding steroid dienone is 8. The van der Waals surface area contributed by atoms with E-state index in [1.54, 1.807) is 0 Å². The van der Waals surface area contributed by atoms with Gasteiger partial charge in [0.2, 0.25) is 0 Å². The van der Waals surface area contributed by atoms with Gasteiger partial charge in [0.15, 0.2) is 6.10 Å². The van der Waals surface area contributed by atoms with Crippen LogP contribution in [-0.4, -0.2) is 138 Å². The van der Waals surface area contributed by atoms with E-state index in [0.29, 0.717) is 32.1 Å². The summed E-state index contributed by atoms with van der Waals surface area (Å²) in [5.41, 5.74) is 0. The van der Waals surface area contributed by atoms with Crippen molar-refractivity contribution in [3.63, 3.8) is 0 Å². The van der Waals surface area contributed by atoms with Crippen molar-refractivity contribution in [1.29, 1.82) is 0 Å². The Kier molecular flexibility index (Phi) is 30.9. The number of aliphatic hydroxyl groups is 8. The molecule has 0 amide bonds. The number of carbonyl (C=O) groups is 3. The van der Waals surface area contributed by atoms with Gasteiger partial charge in [0.1, 0.15) is 36.8 Å². The van der Waals surface area contributed by atoms with Gasteiger partial charge in [-0.2, -0.15) is 0 Å². The van der Waals surface area contributed by atoms with Crippen LogP contribution in [0.15, 0.2) is 60.8 Å². The van der Waals surface area contributed by atoms with Crippen LogP contribution in [0.3, 0.4) is 0 Å². The summed E-state index contributed by atoms with van der Waals surface area (Å²) in [5.74, 6) is -5.12. The lowest BCUT2D eigenvalue weighted by atomic mass is 9.82. The molecule has 2 fully saturated rings. The Morgan fingerprint density at radius 3 is 1.96 bits per heavy atom. The first-order valence-electron chi connectivity index (χ1n) is 24.3. The summed E-state index contributed by atoms with van der Waals surface area (Å²) in [4.78, 5) is 49.6. The zero-order chi connectivity index (χ0) is 49.6. The van der Waals surface area contributed by atoms with Crippen LogP contribution in [0, 0.1) is 11.8 Å². The Hall–Kier alpha value is -2.90. The molecule has 0 aromatic rings. The fraction of sp³-hybridized carbons (Fsp3) is 0.735. The number of phosphoric acid groups is 1. The molecule has 2 rings (SSSR count). The van der Waals surface area contributed by atoms with Gasteiger partial charge in [0.25, 0.3) is 0 Å². The molecule has 0 aromatic carbocycles. The number of Topliss-reactive ketones (excluding diaryl/α,β-unsaturated/α-hetero) is 1. The van der Waals surface area contributed by atoms with Crippen molar-refractivity contribution in [1.82, 2.24) is 0 Å². The number of cyclic esters (lactones) is 1. The maximum atomic E-state index is 13.5. The van der Waals surface area contributed by atoms with Crippen molar-refractivity contribution in [2.45, 2.75) is 203 Å². The minimum atomic E-state index is -5.51. The quantitative estimate of drug-likeness (QED) is 0.0306. The van der Waals surface area contributed by atoms with Crippen LogP contribution in [0.1, 0.15) is 142 Å². The summed E-state index contributed by atoms with van der Waals surface area (Å²) in [6.45, 7) is 2.63. The first-order valence-corrected chi connectivity index (χ1v) is 25.8. The SMILES string of the molecule is CCCCC/C=C\C/C=C\C/C=C\C/C=C\CCCC(=O)O[C@@H]1COC(=O)CCCCC(=O)C[C@@H]2[C@@H](O)[C@H](O)[C@@H](O)[C@H](OP(=O)(O)OC1)[C@H](O)[C@H](O)[C@@H](/C=C/[C@@H](O)CCCCC)[C@H](O)C[C@@H]2O. The zero-order valence-corrected chi connectivity index (χ0v) is 40.4. The lowest BCUT2D eigenvalue weighted by molar-refractivity contribution is -0.168. The molecule has 1 saturated carbocycles. The van der Waals surface area contributed by atoms with E-state index in [1.807, 2.05) is 25.2 Å². The molecule has 1 aliphatic carbocycles. The smallest absolute Gasteiger partial charge is 0.462 e. The number of phosphoric ester groups is 1. The lowest BCUT2D eigenvalue weighted by Gasteiger charge is -2.37. The number of ether oxygens (including phenoxy) is 2. The van der Waals surface area contributed by atoms with Gasteiger partial charge in [0.05, 0.1) is 37.1 Å². The Morgan fingerprint density at radius 2 is 1.31 bits per heavy atom. The molecule has 1 heterocycles. The van der Waals surface area contributed by atoms with Gasteiger partial charge in [-0.15, -0.1) is 0 Å². The molecule has 67 heavy (non-hydrogen) atoms. The lowest BCUT2D eigenvalue weighted by Crippen LogP contribution is -2.56. The van der Waals surface area contributed by atoms with Crippen molar-refractivity contribution in [2.24, 2.45) is 11.8 Å². The number of carbonyl (C=O) groups excluding carboxylic acids is 3. The average molecular weight is 973 g/mol. The summed E-state index contributed by atoms with van der Waals surface area (Å²) in [6.07, 6.45) is 8.50. The highest BCUT2D eigenvalue weighted by atomic mass is 31.2. The minimum absolute atomic E-state index is 0.0741. The number of unbranched alkanes of at least 4 members (excludes halogenated alkanes) is 6. The van der Waals surface area contributed by atoms with E-state index in [2.05, 4.69) is 37.3 Å². The highest BCUT2D eigenvalue weighted by Gasteiger charge is 2.49. The van der Waals surface area contributed by atoms with E-state index in [1.165, 1.54) is 31.4 Å². The summed E-state index contributed by atoms with van der Waals surface area (Å²) in [6, 6.07) is 0. The van der Waals surface area contributed by atoms with Crippen molar-refractivity contribution < 1.29 is 83.2 Å². The van der Waals surface area contributed by atoms with Crippen LogP contribution in [-0.2, 0) is 37.5 Å². The molecule has 384 valence electrons. The molecule has 9 N–H and O–H groups in total. The molecule has 2 bridgehead atoms. The molecule has 0 radical (unpaired) electrons. The number of fused-ring (bicyclic) bond motifs is 4. The first kappa shape index (κ1) is 60.2. The number of hydrogen-bond donors (Lipinski definition) is 9. The third kappa shape index (κ3) is 25.0. The molecule has 1 unspecified atom stereocenters. The number of rotatable bonds is 21. The van der Waals surface area contributed by atoms with Crippen LogP contribution in [0.4, 0.5) is 0 Å². The van der Waals surface area contributed by atoms with Gasteiger partial charge in [0, 0.05) is 43.9 Å². The summed E-state index contributed by atoms with van der Waals surface area (Å²) >= 11 is 0. The van der Waals surface area contributed by atoms with Gasteiger partial charge in [-0.3, -0.25) is 23.4 Å². The summed E-state index contributed by atoms with van der Waals surface area (Å²) < 4.78 is 34.6. The molecule has 2 aliphatic rings. The zero-order valence-electron chi connectivity index (χ0n) is 39.5. The maximum absolute atomic E-state index is 13.5. The largest absolute Gasteiger partial charge is 0.472 e. The molecule has 18 heteroatoms. The predicted molar refractivity (Wildman–Crippen MR) is 251 cm³/mol. The summed E-state index contributed by atoms with van der Waals surface area (Å²) in [5, 5.41) is 90.1. The second-order valence-corrected chi connectivity index (χ2v) is 19.0. The van der Waals surface area contributed by atoms with Crippen molar-refractivity contribution in [2.75, 3.05) is 13.2 Å². The number of hydrogen-bond acceptors (Lipinski definition) is 16. The Labute approximate surface area is 396 Å². The standard InChI is InChI=1S/C49H81O17P/c1-3-5-7-8-9-10-11-12-13-14-15-16-17-18-19-20-22-28-43(55)65-37-33-63-42(54)27-24-23-26-36(51)31-39-41(53)32-40(52)38(30-29-35(50)25-21-6-4-2)44(56)47(59)49(48(60)46(58)45(39)57)66-67(61,62)64-34-37/h9-10,12-13,15-16,18-19,29-30,35,37-41,44-50,52-53,56-60H,3-8,11,14,17,20-28,31-34H2,1-2H3,(H,61,62)/b10-9-,13-12-,16-15-,19-18-,30-29+/t35-,37+,38-,39-,40+,41-,44+,45+,46-,47+,48+,49+/m0/s1. The van der Waals surface area contributed by atoms with Gasteiger partial charge >= 0.3 is 19.8 Å². The first-order chi connectivity index (χ1) is 32.0. The van der Waals surface area contributed by atoms with E-state index < -0.39 is 124 Å². The van der Waals surface area contributed by atoms with Gasteiger partial charge in [-0.25, -0.2) is 4.57 Å². The van der Waals surface area contributed by atoms with E-state index in [4.69, 9.17) is 18.5 Å². The maximum Gasteiger partial charge on any atom is 0.472 e. The number of esters is 2. The van der Waals surface area contributed by atoms with Crippen molar-refractivity contribution in [3.05, 3.63) is 60.8 Å². The van der Waals surface area contributed by atoms with E-state index in [9.17, 15) is 64.7 Å². The van der Waals surface area contributed by atoms with E-state index >= 15 is 0 Å². The van der Waals surface area contributed by atoms with Crippen LogP contribution in [0.2, 0.25) is 0 Å². The monoisotopic (exact) mass is 973 g/mol. The van der Waals surface area contributed by atoms with E-state index in [-0.39, 0.29) is 32.1 Å². The topological polar surface area (TPSA) is 287 Å². The van der Waals surface area contributed by atoms with Crippen LogP contribution in [0.25, 0.3) is 0 Å². The third-order valence-electron chi connectivity index (χ3n) is 11.8. The van der Waals surface area contributed by atoms with Crippen molar-refractivity contribution in [3.8, 4) is 0 Å². The second-order valence-electron chi connectivity index (χ2n) is 17.6. The Bertz CT molecular complexity index is 1600. The fourth-order valence-corrected chi connectivity index (χ4v) is 8.72. The summed E-state index contributed by atoms with van der Waals surface area (Å²) in [7, 11) is -5.51. The molecular weight excluding hydrogens is 891 g/mol. The van der Waals surface area contributed by atoms with Gasteiger partial charge in [-0.05, 0) is 64.2 Å². The van der Waals surface area contributed by atoms with E-state index in [0.717, 1.165) is 32.1 Å². The predicted octanol–water partition coefficient (Wildman–Crippen LogP) is 5.28. The number of ketones is 1.